The standard InChI is InChI=1S/C45H31NO/c1-30-39-15-6-7-19-44(39)47-45(30)35-13-8-14-37(29-35)46(38-26-27-43-34(28-38)21-20-32-11-3-5-17-41(32)43)36-24-22-33(23-25-36)42-18-9-12-31-10-2-4-16-40(31)42/h2-29H,1H3. The minimum atomic E-state index is 0.907. The molecule has 0 aliphatic heterocycles. The fourth-order valence-electron chi connectivity index (χ4n) is 7.09. The van der Waals surface area contributed by atoms with Gasteiger partial charge in [-0.1, -0.05) is 127 Å². The van der Waals surface area contributed by atoms with Gasteiger partial charge >= 0.3 is 0 Å². The lowest BCUT2D eigenvalue weighted by Crippen LogP contribution is -2.10. The molecule has 8 aromatic carbocycles. The Morgan fingerprint density at radius 3 is 1.85 bits per heavy atom. The second-order valence-electron chi connectivity index (χ2n) is 12.2. The van der Waals surface area contributed by atoms with Crippen molar-refractivity contribution >= 4 is 60.3 Å². The van der Waals surface area contributed by atoms with Gasteiger partial charge in [0.15, 0.2) is 0 Å². The van der Waals surface area contributed by atoms with E-state index < -0.39 is 0 Å². The summed E-state index contributed by atoms with van der Waals surface area (Å²) >= 11 is 0. The maximum atomic E-state index is 6.41. The monoisotopic (exact) mass is 601 g/mol. The van der Waals surface area contributed by atoms with E-state index in [9.17, 15) is 0 Å². The van der Waals surface area contributed by atoms with Gasteiger partial charge in [0, 0.05) is 33.6 Å². The van der Waals surface area contributed by atoms with Crippen LogP contribution in [0.2, 0.25) is 0 Å². The van der Waals surface area contributed by atoms with E-state index in [4.69, 9.17) is 4.42 Å². The zero-order chi connectivity index (χ0) is 31.3. The van der Waals surface area contributed by atoms with Crippen molar-refractivity contribution in [3.05, 3.63) is 175 Å². The van der Waals surface area contributed by atoms with E-state index in [1.807, 2.05) is 12.1 Å². The molecule has 0 spiro atoms. The highest BCUT2D eigenvalue weighted by molar-refractivity contribution is 6.08. The highest BCUT2D eigenvalue weighted by atomic mass is 16.3. The molecule has 2 heteroatoms. The average molecular weight is 602 g/mol. The van der Waals surface area contributed by atoms with Crippen molar-refractivity contribution in [2.75, 3.05) is 4.90 Å². The van der Waals surface area contributed by atoms with Gasteiger partial charge in [0.25, 0.3) is 0 Å². The van der Waals surface area contributed by atoms with E-state index in [1.54, 1.807) is 0 Å². The highest BCUT2D eigenvalue weighted by Gasteiger charge is 2.18. The SMILES string of the molecule is Cc1c(-c2cccc(N(c3ccc(-c4cccc5ccccc45)cc3)c3ccc4c(ccc5ccccc54)c3)c2)oc2ccccc12. The fourth-order valence-corrected chi connectivity index (χ4v) is 7.09. The van der Waals surface area contributed by atoms with Gasteiger partial charge in [0.2, 0.25) is 0 Å². The summed E-state index contributed by atoms with van der Waals surface area (Å²) in [5.74, 6) is 0.907. The van der Waals surface area contributed by atoms with E-state index in [1.165, 1.54) is 43.4 Å². The van der Waals surface area contributed by atoms with Crippen LogP contribution in [0.1, 0.15) is 5.56 Å². The molecule has 1 heterocycles. The number of rotatable bonds is 5. The second-order valence-corrected chi connectivity index (χ2v) is 12.2. The molecule has 0 aliphatic carbocycles. The average Bonchev–Trinajstić information content (AvgIpc) is 3.48. The zero-order valence-corrected chi connectivity index (χ0v) is 26.0. The van der Waals surface area contributed by atoms with E-state index in [-0.39, 0.29) is 0 Å². The minimum absolute atomic E-state index is 0.907. The largest absolute Gasteiger partial charge is 0.456 e. The lowest BCUT2D eigenvalue weighted by atomic mass is 9.98. The maximum absolute atomic E-state index is 6.41. The van der Waals surface area contributed by atoms with E-state index in [0.717, 1.165) is 44.9 Å². The lowest BCUT2D eigenvalue weighted by molar-refractivity contribution is 0.629. The van der Waals surface area contributed by atoms with Crippen LogP contribution in [0.25, 0.3) is 65.7 Å². The van der Waals surface area contributed by atoms with Crippen LogP contribution in [-0.2, 0) is 0 Å². The van der Waals surface area contributed by atoms with Gasteiger partial charge in [-0.3, -0.25) is 0 Å². The summed E-state index contributed by atoms with van der Waals surface area (Å²) in [5, 5.41) is 8.64. The number of anilines is 3. The molecule has 1 aromatic heterocycles. The van der Waals surface area contributed by atoms with Crippen LogP contribution < -0.4 is 4.90 Å². The topological polar surface area (TPSA) is 16.4 Å². The molecule has 0 N–H and O–H groups in total. The Labute approximate surface area is 273 Å². The van der Waals surface area contributed by atoms with Crippen molar-refractivity contribution in [1.29, 1.82) is 0 Å². The van der Waals surface area contributed by atoms with Crippen LogP contribution in [0.15, 0.2) is 174 Å². The smallest absolute Gasteiger partial charge is 0.138 e. The Kier molecular flexibility index (Phi) is 6.39. The molecule has 0 saturated carbocycles. The van der Waals surface area contributed by atoms with Crippen LogP contribution in [0.4, 0.5) is 17.1 Å². The molecule has 9 rings (SSSR count). The summed E-state index contributed by atoms with van der Waals surface area (Å²) in [6.07, 6.45) is 0. The van der Waals surface area contributed by atoms with Crippen molar-refractivity contribution in [1.82, 2.24) is 0 Å². The van der Waals surface area contributed by atoms with E-state index in [2.05, 4.69) is 170 Å². The third-order valence-corrected chi connectivity index (χ3v) is 9.42. The molecule has 47 heavy (non-hydrogen) atoms. The van der Waals surface area contributed by atoms with Gasteiger partial charge in [-0.25, -0.2) is 0 Å². The summed E-state index contributed by atoms with van der Waals surface area (Å²) < 4.78 is 6.41. The molecule has 222 valence electrons. The van der Waals surface area contributed by atoms with Gasteiger partial charge in [0.1, 0.15) is 11.3 Å². The number of aryl methyl sites for hydroxylation is 1. The number of furan rings is 1. The number of benzene rings is 8. The molecule has 0 aliphatic rings. The van der Waals surface area contributed by atoms with Crippen LogP contribution in [0.3, 0.4) is 0 Å². The quantitative estimate of drug-likeness (QED) is 0.182. The van der Waals surface area contributed by atoms with Crippen LogP contribution in [0.5, 0.6) is 0 Å². The summed E-state index contributed by atoms with van der Waals surface area (Å²) in [6.45, 7) is 2.14. The fraction of sp³-hybridized carbons (Fsp3) is 0.0222. The van der Waals surface area contributed by atoms with Gasteiger partial charge in [0.05, 0.1) is 0 Å². The first-order chi connectivity index (χ1) is 23.2. The predicted octanol–water partition coefficient (Wildman–Crippen LogP) is 13.0. The molecular weight excluding hydrogens is 571 g/mol. The number of fused-ring (bicyclic) bond motifs is 5. The summed E-state index contributed by atoms with van der Waals surface area (Å²) in [4.78, 5) is 2.35. The van der Waals surface area contributed by atoms with Crippen LogP contribution in [0, 0.1) is 6.92 Å². The van der Waals surface area contributed by atoms with Crippen molar-refractivity contribution in [3.8, 4) is 22.5 Å². The molecule has 0 amide bonds. The molecule has 0 atom stereocenters. The third kappa shape index (κ3) is 4.65. The van der Waals surface area contributed by atoms with E-state index in [0.29, 0.717) is 0 Å². The van der Waals surface area contributed by atoms with Crippen molar-refractivity contribution < 1.29 is 4.42 Å². The molecular formula is C45H31NO. The minimum Gasteiger partial charge on any atom is -0.456 e. The highest BCUT2D eigenvalue weighted by Crippen LogP contribution is 2.41. The molecule has 0 fully saturated rings. The molecule has 9 aromatic rings. The molecule has 0 unspecified atom stereocenters. The molecule has 0 saturated heterocycles. The Morgan fingerprint density at radius 2 is 1.02 bits per heavy atom. The number of nitrogens with zero attached hydrogens (tertiary/aromatic N) is 1. The molecule has 0 bridgehead atoms. The Bertz CT molecular complexity index is 2590. The summed E-state index contributed by atoms with van der Waals surface area (Å²) in [6, 6.07) is 60.9. The maximum Gasteiger partial charge on any atom is 0.138 e. The summed E-state index contributed by atoms with van der Waals surface area (Å²) in [5.41, 5.74) is 8.81. The van der Waals surface area contributed by atoms with Gasteiger partial charge in [-0.15, -0.1) is 0 Å². The van der Waals surface area contributed by atoms with Gasteiger partial charge in [-0.2, -0.15) is 0 Å². The molecule has 0 radical (unpaired) electrons. The molecule has 2 nitrogen and oxygen atoms in total. The number of hydrogen-bond donors (Lipinski definition) is 0. The summed E-state index contributed by atoms with van der Waals surface area (Å²) in [7, 11) is 0. The first-order valence-corrected chi connectivity index (χ1v) is 16.1. The Balaban J connectivity index is 1.20. The van der Waals surface area contributed by atoms with Crippen molar-refractivity contribution in [3.63, 3.8) is 0 Å². The van der Waals surface area contributed by atoms with Gasteiger partial charge < -0.3 is 9.32 Å². The first kappa shape index (κ1) is 27.2. The normalized spacial score (nSPS) is 11.5. The van der Waals surface area contributed by atoms with Crippen molar-refractivity contribution in [2.24, 2.45) is 0 Å². The zero-order valence-electron chi connectivity index (χ0n) is 26.0. The lowest BCUT2D eigenvalue weighted by Gasteiger charge is -2.26. The van der Waals surface area contributed by atoms with Crippen LogP contribution in [-0.4, -0.2) is 0 Å². The van der Waals surface area contributed by atoms with Crippen LogP contribution >= 0.6 is 0 Å². The third-order valence-electron chi connectivity index (χ3n) is 9.42. The van der Waals surface area contributed by atoms with Crippen molar-refractivity contribution in [2.45, 2.75) is 6.92 Å². The second kappa shape index (κ2) is 11.0. The predicted molar refractivity (Wildman–Crippen MR) is 199 cm³/mol. The Hall–Kier alpha value is -6.12. The number of para-hydroxylation sites is 1. The Morgan fingerprint density at radius 1 is 0.404 bits per heavy atom. The van der Waals surface area contributed by atoms with Gasteiger partial charge in [-0.05, 0) is 92.8 Å². The first-order valence-electron chi connectivity index (χ1n) is 16.1. The number of hydrogen-bond acceptors (Lipinski definition) is 2. The van der Waals surface area contributed by atoms with E-state index >= 15 is 0 Å².